The largest absolute Gasteiger partial charge is 0.368 e. The lowest BCUT2D eigenvalue weighted by atomic mass is 10.2. The number of nitrogens with zero attached hydrogens (tertiary/aromatic N) is 1. The smallest absolute Gasteiger partial charge is 0.256 e. The molecule has 3 rings (SSSR count). The minimum atomic E-state index is -0.221. The summed E-state index contributed by atoms with van der Waals surface area (Å²) in [5, 5.41) is 0. The molecule has 0 bridgehead atoms. The van der Waals surface area contributed by atoms with Gasteiger partial charge in [0, 0.05) is 18.0 Å². The van der Waals surface area contributed by atoms with Gasteiger partial charge in [0.15, 0.2) is 0 Å². The van der Waals surface area contributed by atoms with Crippen molar-refractivity contribution in [3.05, 3.63) is 24.3 Å². The minimum Gasteiger partial charge on any atom is -0.368 e. The van der Waals surface area contributed by atoms with E-state index in [0.717, 1.165) is 43.9 Å². The molecule has 3 nitrogen and oxygen atoms in total. The lowest BCUT2D eigenvalue weighted by molar-refractivity contribution is -0.127. The Kier molecular flexibility index (Phi) is 3.57. The Bertz CT molecular complexity index is 443. The van der Waals surface area contributed by atoms with E-state index in [4.69, 9.17) is 4.74 Å². The fraction of sp³-hybridized carbons (Fsp3) is 0.500. The van der Waals surface area contributed by atoms with Crippen LogP contribution in [0.2, 0.25) is 0 Å². The Morgan fingerprint density at radius 1 is 1.33 bits per heavy atom. The summed E-state index contributed by atoms with van der Waals surface area (Å²) in [7, 11) is 0. The first-order valence-corrected chi connectivity index (χ1v) is 7.49. The van der Waals surface area contributed by atoms with Gasteiger partial charge in [0.1, 0.15) is 6.10 Å². The molecule has 1 saturated heterocycles. The number of para-hydroxylation sites is 1. The molecule has 1 fully saturated rings. The van der Waals surface area contributed by atoms with Crippen LogP contribution in [0.4, 0.5) is 5.69 Å². The highest BCUT2D eigenvalue weighted by atomic mass is 32.2. The first kappa shape index (κ1) is 12.1. The number of ether oxygens (including phenoxy) is 1. The van der Waals surface area contributed by atoms with Crippen LogP contribution in [0, 0.1) is 0 Å². The standard InChI is InChI=1S/C14H17NO2S/c16-14(12-6-3-9-17-12)15-8-4-10-18-13-7-2-1-5-11(13)15/h1-2,5,7,12H,3-4,6,8-10H2. The van der Waals surface area contributed by atoms with Crippen molar-refractivity contribution >= 4 is 23.4 Å². The lowest BCUT2D eigenvalue weighted by Gasteiger charge is -2.25. The Balaban J connectivity index is 1.88. The maximum absolute atomic E-state index is 12.5. The summed E-state index contributed by atoms with van der Waals surface area (Å²) in [6.07, 6.45) is 2.68. The summed E-state index contributed by atoms with van der Waals surface area (Å²) in [6, 6.07) is 8.17. The van der Waals surface area contributed by atoms with Crippen molar-refractivity contribution < 1.29 is 9.53 Å². The van der Waals surface area contributed by atoms with Gasteiger partial charge in [0.05, 0.1) is 5.69 Å². The second-order valence-corrected chi connectivity index (χ2v) is 5.80. The van der Waals surface area contributed by atoms with Crippen LogP contribution in [0.3, 0.4) is 0 Å². The Morgan fingerprint density at radius 2 is 2.22 bits per heavy atom. The maximum atomic E-state index is 12.5. The summed E-state index contributed by atoms with van der Waals surface area (Å²) in [5.74, 6) is 1.22. The molecule has 4 heteroatoms. The Morgan fingerprint density at radius 3 is 3.06 bits per heavy atom. The third kappa shape index (κ3) is 2.27. The third-order valence-electron chi connectivity index (χ3n) is 3.41. The van der Waals surface area contributed by atoms with Crippen LogP contribution in [0.25, 0.3) is 0 Å². The molecule has 0 spiro atoms. The third-order valence-corrected chi connectivity index (χ3v) is 4.56. The van der Waals surface area contributed by atoms with E-state index < -0.39 is 0 Å². The van der Waals surface area contributed by atoms with Crippen LogP contribution in [0.1, 0.15) is 19.3 Å². The van der Waals surface area contributed by atoms with E-state index in [1.165, 1.54) is 4.90 Å². The topological polar surface area (TPSA) is 29.5 Å². The van der Waals surface area contributed by atoms with E-state index in [2.05, 4.69) is 6.07 Å². The van der Waals surface area contributed by atoms with Gasteiger partial charge in [0.25, 0.3) is 5.91 Å². The molecular formula is C14H17NO2S. The molecule has 0 aliphatic carbocycles. The number of fused-ring (bicyclic) bond motifs is 1. The van der Waals surface area contributed by atoms with Crippen molar-refractivity contribution in [1.82, 2.24) is 0 Å². The van der Waals surface area contributed by atoms with Gasteiger partial charge in [-0.15, -0.1) is 11.8 Å². The van der Waals surface area contributed by atoms with Gasteiger partial charge in [-0.2, -0.15) is 0 Å². The highest BCUT2D eigenvalue weighted by Gasteiger charge is 2.30. The fourth-order valence-corrected chi connectivity index (χ4v) is 3.50. The van der Waals surface area contributed by atoms with Crippen molar-refractivity contribution in [2.75, 3.05) is 23.8 Å². The Hall–Kier alpha value is -1.00. The number of hydrogen-bond donors (Lipinski definition) is 0. The molecule has 0 aromatic heterocycles. The maximum Gasteiger partial charge on any atom is 0.256 e. The number of thioether (sulfide) groups is 1. The fourth-order valence-electron chi connectivity index (χ4n) is 2.50. The van der Waals surface area contributed by atoms with Crippen molar-refractivity contribution in [2.24, 2.45) is 0 Å². The number of hydrogen-bond acceptors (Lipinski definition) is 3. The van der Waals surface area contributed by atoms with E-state index in [1.54, 1.807) is 0 Å². The molecular weight excluding hydrogens is 246 g/mol. The average molecular weight is 263 g/mol. The number of carbonyl (C=O) groups is 1. The molecule has 18 heavy (non-hydrogen) atoms. The van der Waals surface area contributed by atoms with Crippen LogP contribution in [0.5, 0.6) is 0 Å². The van der Waals surface area contributed by atoms with Crippen molar-refractivity contribution in [3.8, 4) is 0 Å². The van der Waals surface area contributed by atoms with Gasteiger partial charge < -0.3 is 9.64 Å². The predicted octanol–water partition coefficient (Wildman–Crippen LogP) is 2.69. The zero-order chi connectivity index (χ0) is 12.4. The average Bonchev–Trinajstić information content (AvgIpc) is 2.85. The van der Waals surface area contributed by atoms with Gasteiger partial charge in [0.2, 0.25) is 0 Å². The zero-order valence-electron chi connectivity index (χ0n) is 10.3. The molecule has 2 heterocycles. The summed E-state index contributed by atoms with van der Waals surface area (Å²) in [5.41, 5.74) is 1.06. The van der Waals surface area contributed by atoms with E-state index in [1.807, 2.05) is 34.9 Å². The molecule has 0 N–H and O–H groups in total. The number of rotatable bonds is 1. The monoisotopic (exact) mass is 263 g/mol. The summed E-state index contributed by atoms with van der Waals surface area (Å²) in [6.45, 7) is 1.53. The van der Waals surface area contributed by atoms with Crippen LogP contribution in [-0.2, 0) is 9.53 Å². The summed E-state index contributed by atoms with van der Waals surface area (Å²) < 4.78 is 5.53. The van der Waals surface area contributed by atoms with Gasteiger partial charge in [-0.25, -0.2) is 0 Å². The van der Waals surface area contributed by atoms with Crippen molar-refractivity contribution in [2.45, 2.75) is 30.3 Å². The van der Waals surface area contributed by atoms with E-state index in [9.17, 15) is 4.79 Å². The molecule has 1 aromatic carbocycles. The second-order valence-electron chi connectivity index (χ2n) is 4.66. The van der Waals surface area contributed by atoms with Gasteiger partial charge >= 0.3 is 0 Å². The molecule has 2 aliphatic heterocycles. The Labute approximate surface area is 111 Å². The minimum absolute atomic E-state index is 0.141. The van der Waals surface area contributed by atoms with E-state index >= 15 is 0 Å². The second kappa shape index (κ2) is 5.33. The van der Waals surface area contributed by atoms with Gasteiger partial charge in [-0.05, 0) is 37.1 Å². The lowest BCUT2D eigenvalue weighted by Crippen LogP contribution is -2.39. The first-order chi connectivity index (χ1) is 8.86. The van der Waals surface area contributed by atoms with E-state index in [-0.39, 0.29) is 12.0 Å². The molecule has 1 aromatic rings. The predicted molar refractivity (Wildman–Crippen MR) is 73.1 cm³/mol. The number of benzene rings is 1. The van der Waals surface area contributed by atoms with Crippen LogP contribution in [-0.4, -0.2) is 30.9 Å². The van der Waals surface area contributed by atoms with Crippen LogP contribution >= 0.6 is 11.8 Å². The van der Waals surface area contributed by atoms with Crippen molar-refractivity contribution in [3.63, 3.8) is 0 Å². The molecule has 0 radical (unpaired) electrons. The number of amides is 1. The van der Waals surface area contributed by atoms with Gasteiger partial charge in [-0.1, -0.05) is 12.1 Å². The number of carbonyl (C=O) groups excluding carboxylic acids is 1. The molecule has 1 amide bonds. The van der Waals surface area contributed by atoms with Crippen LogP contribution in [0.15, 0.2) is 29.2 Å². The molecule has 1 unspecified atom stereocenters. The van der Waals surface area contributed by atoms with E-state index in [0.29, 0.717) is 0 Å². The molecule has 1 atom stereocenters. The zero-order valence-corrected chi connectivity index (χ0v) is 11.1. The molecule has 96 valence electrons. The quantitative estimate of drug-likeness (QED) is 0.780. The van der Waals surface area contributed by atoms with Gasteiger partial charge in [-0.3, -0.25) is 4.79 Å². The molecule has 2 aliphatic rings. The number of anilines is 1. The SMILES string of the molecule is O=C(C1CCCO1)N1CCCSc2ccccc21. The summed E-state index contributed by atoms with van der Waals surface area (Å²) in [4.78, 5) is 15.6. The summed E-state index contributed by atoms with van der Waals surface area (Å²) >= 11 is 1.84. The highest BCUT2D eigenvalue weighted by Crippen LogP contribution is 2.34. The normalized spacial score (nSPS) is 23.6. The van der Waals surface area contributed by atoms with Crippen LogP contribution < -0.4 is 4.90 Å². The molecule has 0 saturated carbocycles. The highest BCUT2D eigenvalue weighted by molar-refractivity contribution is 7.99. The first-order valence-electron chi connectivity index (χ1n) is 6.51. The van der Waals surface area contributed by atoms with Crippen molar-refractivity contribution in [1.29, 1.82) is 0 Å².